The number of benzene rings is 2. The lowest BCUT2D eigenvalue weighted by Crippen LogP contribution is -2.56. The lowest BCUT2D eigenvalue weighted by atomic mass is 9.73. The van der Waals surface area contributed by atoms with Crippen LogP contribution in [0.1, 0.15) is 37.3 Å². The average Bonchev–Trinajstić information content (AvgIpc) is 3.40. The van der Waals surface area contributed by atoms with Gasteiger partial charge >= 0.3 is 0 Å². The standard InChI is InChI=1S/C26H30N4O3/c1-20(24-27-23(28-33-24)21-8-4-2-5-9-21)29-14-16-30(17-15-29)25(31)26(12-18-32-19-13-26)22-10-6-3-7-11-22/h2-11,20H,12-19H2,1H3. The maximum atomic E-state index is 13.8. The predicted molar refractivity (Wildman–Crippen MR) is 124 cm³/mol. The molecular formula is C26H30N4O3. The first-order valence-electron chi connectivity index (χ1n) is 11.7. The van der Waals surface area contributed by atoms with Gasteiger partial charge in [0.2, 0.25) is 17.6 Å². The van der Waals surface area contributed by atoms with Crippen LogP contribution in [-0.2, 0) is 14.9 Å². The third-order valence-electron chi connectivity index (χ3n) is 7.06. The Balaban J connectivity index is 1.26. The molecule has 0 N–H and O–H groups in total. The van der Waals surface area contributed by atoms with Crippen molar-refractivity contribution in [3.8, 4) is 11.4 Å². The van der Waals surface area contributed by atoms with E-state index in [0.717, 1.165) is 37.1 Å². The molecule has 33 heavy (non-hydrogen) atoms. The highest BCUT2D eigenvalue weighted by atomic mass is 16.5. The molecule has 1 amide bonds. The van der Waals surface area contributed by atoms with E-state index in [4.69, 9.17) is 9.26 Å². The number of nitrogens with zero attached hydrogens (tertiary/aromatic N) is 4. The Kier molecular flexibility index (Phi) is 6.24. The summed E-state index contributed by atoms with van der Waals surface area (Å²) in [5.74, 6) is 1.45. The van der Waals surface area contributed by atoms with Crippen molar-refractivity contribution in [3.63, 3.8) is 0 Å². The van der Waals surface area contributed by atoms with Crippen LogP contribution in [0.2, 0.25) is 0 Å². The van der Waals surface area contributed by atoms with Crippen molar-refractivity contribution in [1.82, 2.24) is 19.9 Å². The topological polar surface area (TPSA) is 71.7 Å². The summed E-state index contributed by atoms with van der Waals surface area (Å²) in [6, 6.07) is 20.1. The molecule has 0 spiro atoms. The Morgan fingerprint density at radius 1 is 0.939 bits per heavy atom. The minimum absolute atomic E-state index is 0.00150. The Morgan fingerprint density at radius 2 is 1.58 bits per heavy atom. The molecule has 2 aliphatic rings. The molecule has 0 radical (unpaired) electrons. The Labute approximate surface area is 194 Å². The number of ether oxygens (including phenoxy) is 1. The molecule has 1 unspecified atom stereocenters. The number of piperazine rings is 1. The number of aromatic nitrogens is 2. The monoisotopic (exact) mass is 446 g/mol. The summed E-state index contributed by atoms with van der Waals surface area (Å²) in [6.07, 6.45) is 1.47. The second-order valence-corrected chi connectivity index (χ2v) is 8.89. The normalized spacial score (nSPS) is 19.8. The van der Waals surface area contributed by atoms with Crippen LogP contribution in [0.5, 0.6) is 0 Å². The van der Waals surface area contributed by atoms with Crippen LogP contribution in [0.3, 0.4) is 0 Å². The van der Waals surface area contributed by atoms with Crippen LogP contribution < -0.4 is 0 Å². The number of rotatable bonds is 5. The number of carbonyl (C=O) groups is 1. The molecule has 2 saturated heterocycles. The Bertz CT molecular complexity index is 1060. The fourth-order valence-electron chi connectivity index (χ4n) is 4.98. The molecule has 1 atom stereocenters. The van der Waals surface area contributed by atoms with E-state index < -0.39 is 5.41 Å². The van der Waals surface area contributed by atoms with E-state index in [2.05, 4.69) is 34.1 Å². The largest absolute Gasteiger partial charge is 0.381 e. The summed E-state index contributed by atoms with van der Waals surface area (Å²) < 4.78 is 11.2. The minimum Gasteiger partial charge on any atom is -0.381 e. The number of carbonyl (C=O) groups excluding carboxylic acids is 1. The van der Waals surface area contributed by atoms with Gasteiger partial charge in [0.25, 0.3) is 0 Å². The minimum atomic E-state index is -0.482. The third-order valence-corrected chi connectivity index (χ3v) is 7.06. The zero-order valence-electron chi connectivity index (χ0n) is 19.0. The summed E-state index contributed by atoms with van der Waals surface area (Å²) in [6.45, 7) is 6.27. The van der Waals surface area contributed by atoms with E-state index in [0.29, 0.717) is 38.0 Å². The van der Waals surface area contributed by atoms with Crippen molar-refractivity contribution in [2.24, 2.45) is 0 Å². The van der Waals surface area contributed by atoms with E-state index in [-0.39, 0.29) is 11.9 Å². The second-order valence-electron chi connectivity index (χ2n) is 8.89. The maximum Gasteiger partial charge on any atom is 0.244 e. The van der Waals surface area contributed by atoms with Gasteiger partial charge in [-0.2, -0.15) is 4.98 Å². The molecular weight excluding hydrogens is 416 g/mol. The predicted octanol–water partition coefficient (Wildman–Crippen LogP) is 3.69. The highest BCUT2D eigenvalue weighted by Crippen LogP contribution is 2.37. The SMILES string of the molecule is CC(c1nc(-c2ccccc2)no1)N1CCN(C(=O)C2(c3ccccc3)CCOCC2)CC1. The van der Waals surface area contributed by atoms with Crippen LogP contribution in [0.15, 0.2) is 65.2 Å². The van der Waals surface area contributed by atoms with Crippen LogP contribution in [0.4, 0.5) is 0 Å². The van der Waals surface area contributed by atoms with Crippen molar-refractivity contribution in [2.45, 2.75) is 31.2 Å². The van der Waals surface area contributed by atoms with Crippen LogP contribution in [0, 0.1) is 0 Å². The molecule has 2 aromatic carbocycles. The number of hydrogen-bond donors (Lipinski definition) is 0. The fourth-order valence-corrected chi connectivity index (χ4v) is 4.98. The quantitative estimate of drug-likeness (QED) is 0.595. The summed E-state index contributed by atoms with van der Waals surface area (Å²) in [7, 11) is 0. The van der Waals surface area contributed by atoms with E-state index in [1.54, 1.807) is 0 Å². The summed E-state index contributed by atoms with van der Waals surface area (Å²) >= 11 is 0. The zero-order valence-corrected chi connectivity index (χ0v) is 19.0. The van der Waals surface area contributed by atoms with Crippen molar-refractivity contribution in [1.29, 1.82) is 0 Å². The molecule has 2 aliphatic heterocycles. The smallest absolute Gasteiger partial charge is 0.244 e. The highest BCUT2D eigenvalue weighted by Gasteiger charge is 2.44. The lowest BCUT2D eigenvalue weighted by Gasteiger charge is -2.43. The van der Waals surface area contributed by atoms with E-state index in [1.165, 1.54) is 0 Å². The first-order valence-corrected chi connectivity index (χ1v) is 11.7. The molecule has 172 valence electrons. The van der Waals surface area contributed by atoms with Crippen molar-refractivity contribution in [3.05, 3.63) is 72.1 Å². The first-order chi connectivity index (χ1) is 16.2. The second kappa shape index (κ2) is 9.45. The third kappa shape index (κ3) is 4.30. The maximum absolute atomic E-state index is 13.8. The molecule has 3 aromatic rings. The van der Waals surface area contributed by atoms with Gasteiger partial charge < -0.3 is 14.2 Å². The van der Waals surface area contributed by atoms with Crippen LogP contribution >= 0.6 is 0 Å². The molecule has 7 nitrogen and oxygen atoms in total. The molecule has 1 aromatic heterocycles. The van der Waals surface area contributed by atoms with Gasteiger partial charge in [0.05, 0.1) is 11.5 Å². The van der Waals surface area contributed by atoms with Crippen LogP contribution in [-0.4, -0.2) is 65.2 Å². The molecule has 5 rings (SSSR count). The van der Waals surface area contributed by atoms with Gasteiger partial charge in [-0.05, 0) is 25.3 Å². The van der Waals surface area contributed by atoms with E-state index in [9.17, 15) is 4.79 Å². The van der Waals surface area contributed by atoms with Crippen molar-refractivity contribution < 1.29 is 14.1 Å². The Hall–Kier alpha value is -3.03. The van der Waals surface area contributed by atoms with Gasteiger partial charge in [0.15, 0.2) is 0 Å². The average molecular weight is 447 g/mol. The molecule has 7 heteroatoms. The summed E-state index contributed by atoms with van der Waals surface area (Å²) in [5, 5.41) is 4.16. The Morgan fingerprint density at radius 3 is 2.24 bits per heavy atom. The summed E-state index contributed by atoms with van der Waals surface area (Å²) in [4.78, 5) is 22.8. The van der Waals surface area contributed by atoms with Gasteiger partial charge in [-0.15, -0.1) is 0 Å². The van der Waals surface area contributed by atoms with Gasteiger partial charge in [-0.3, -0.25) is 9.69 Å². The molecule has 3 heterocycles. The highest BCUT2D eigenvalue weighted by molar-refractivity contribution is 5.88. The van der Waals surface area contributed by atoms with Crippen molar-refractivity contribution in [2.75, 3.05) is 39.4 Å². The first kappa shape index (κ1) is 21.8. The molecule has 0 bridgehead atoms. The molecule has 0 aliphatic carbocycles. The molecule has 2 fully saturated rings. The van der Waals surface area contributed by atoms with Gasteiger partial charge in [0.1, 0.15) is 0 Å². The number of amides is 1. The lowest BCUT2D eigenvalue weighted by molar-refractivity contribution is -0.143. The van der Waals surface area contributed by atoms with Gasteiger partial charge in [-0.1, -0.05) is 65.8 Å². The number of hydrogen-bond acceptors (Lipinski definition) is 6. The van der Waals surface area contributed by atoms with Gasteiger partial charge in [0, 0.05) is 45.0 Å². The van der Waals surface area contributed by atoms with Crippen molar-refractivity contribution >= 4 is 5.91 Å². The summed E-state index contributed by atoms with van der Waals surface area (Å²) in [5.41, 5.74) is 1.57. The van der Waals surface area contributed by atoms with Gasteiger partial charge in [-0.25, -0.2) is 0 Å². The zero-order chi connectivity index (χ0) is 22.7. The fraction of sp³-hybridized carbons (Fsp3) is 0.423. The van der Waals surface area contributed by atoms with E-state index >= 15 is 0 Å². The van der Waals surface area contributed by atoms with E-state index in [1.807, 2.05) is 53.4 Å². The van der Waals surface area contributed by atoms with Crippen LogP contribution in [0.25, 0.3) is 11.4 Å². The molecule has 0 saturated carbocycles.